The largest absolute Gasteiger partial charge is 0.303 e. The lowest BCUT2D eigenvalue weighted by Crippen LogP contribution is -2.23. The Labute approximate surface area is 122 Å². The predicted octanol–water partition coefficient (Wildman–Crippen LogP) is 4.64. The van der Waals surface area contributed by atoms with Crippen LogP contribution < -0.4 is 5.32 Å². The Morgan fingerprint density at radius 1 is 1.00 bits per heavy atom. The van der Waals surface area contributed by atoms with Crippen molar-refractivity contribution in [3.8, 4) is 0 Å². The molecule has 0 heterocycles. The summed E-state index contributed by atoms with van der Waals surface area (Å²) in [6, 6.07) is 16.6. The molecule has 1 N–H and O–H groups in total. The first-order valence-corrected chi connectivity index (χ1v) is 7.55. The van der Waals surface area contributed by atoms with Crippen LogP contribution >= 0.6 is 0 Å². The average Bonchev–Trinajstić information content (AvgIpc) is 2.82. The number of rotatable bonds is 3. The first-order valence-electron chi connectivity index (χ1n) is 7.55. The Morgan fingerprint density at radius 3 is 2.45 bits per heavy atom. The number of benzene rings is 2. The molecular formula is C19H23N. The smallest absolute Gasteiger partial charge is 0.0331 e. The van der Waals surface area contributed by atoms with Gasteiger partial charge < -0.3 is 5.32 Å². The summed E-state index contributed by atoms with van der Waals surface area (Å²) in [6.45, 7) is 6.58. The molecule has 1 heteroatoms. The Bertz CT molecular complexity index is 598. The van der Waals surface area contributed by atoms with Crippen molar-refractivity contribution >= 4 is 0 Å². The van der Waals surface area contributed by atoms with E-state index in [1.807, 2.05) is 0 Å². The summed E-state index contributed by atoms with van der Waals surface area (Å²) in [4.78, 5) is 0. The Morgan fingerprint density at radius 2 is 1.70 bits per heavy atom. The first kappa shape index (κ1) is 13.4. The van der Waals surface area contributed by atoms with E-state index in [9.17, 15) is 0 Å². The third-order valence-corrected chi connectivity index (χ3v) is 4.41. The second-order valence-electron chi connectivity index (χ2n) is 6.09. The van der Waals surface area contributed by atoms with Gasteiger partial charge in [0.25, 0.3) is 0 Å². The minimum Gasteiger partial charge on any atom is -0.303 e. The van der Waals surface area contributed by atoms with Crippen molar-refractivity contribution in [3.63, 3.8) is 0 Å². The summed E-state index contributed by atoms with van der Waals surface area (Å²) in [5.41, 5.74) is 7.08. The van der Waals surface area contributed by atoms with Crippen LogP contribution in [0.25, 0.3) is 0 Å². The third kappa shape index (κ3) is 2.64. The van der Waals surface area contributed by atoms with Crippen LogP contribution in [-0.2, 0) is 6.42 Å². The van der Waals surface area contributed by atoms with E-state index < -0.39 is 0 Å². The fourth-order valence-corrected chi connectivity index (χ4v) is 3.15. The molecule has 0 radical (unpaired) electrons. The fourth-order valence-electron chi connectivity index (χ4n) is 3.15. The molecule has 2 atom stereocenters. The van der Waals surface area contributed by atoms with Crippen molar-refractivity contribution in [1.82, 2.24) is 5.32 Å². The quantitative estimate of drug-likeness (QED) is 0.852. The fraction of sp³-hybridized carbons (Fsp3) is 0.368. The van der Waals surface area contributed by atoms with Crippen LogP contribution in [0.15, 0.2) is 42.5 Å². The van der Waals surface area contributed by atoms with Crippen LogP contribution in [0, 0.1) is 13.8 Å². The lowest BCUT2D eigenvalue weighted by Gasteiger charge is -2.21. The summed E-state index contributed by atoms with van der Waals surface area (Å²) in [7, 11) is 0. The molecule has 0 bridgehead atoms. The summed E-state index contributed by atoms with van der Waals surface area (Å²) >= 11 is 0. The standard InChI is InChI=1S/C19H23N/c1-13-4-7-16(8-5-13)15(3)20-19-11-10-17-9-6-14(2)12-18(17)19/h4-9,12,15,19-20H,10-11H2,1-3H3. The second-order valence-corrected chi connectivity index (χ2v) is 6.09. The molecule has 1 aliphatic rings. The lowest BCUT2D eigenvalue weighted by atomic mass is 10.0. The van der Waals surface area contributed by atoms with Crippen LogP contribution in [0.2, 0.25) is 0 Å². The van der Waals surface area contributed by atoms with Crippen molar-refractivity contribution in [1.29, 1.82) is 0 Å². The minimum absolute atomic E-state index is 0.395. The molecule has 104 valence electrons. The van der Waals surface area contributed by atoms with Crippen molar-refractivity contribution in [2.45, 2.75) is 45.7 Å². The highest BCUT2D eigenvalue weighted by Gasteiger charge is 2.23. The number of fused-ring (bicyclic) bond motifs is 1. The summed E-state index contributed by atoms with van der Waals surface area (Å²) in [5.74, 6) is 0. The predicted molar refractivity (Wildman–Crippen MR) is 85.0 cm³/mol. The van der Waals surface area contributed by atoms with E-state index in [0.29, 0.717) is 12.1 Å². The van der Waals surface area contributed by atoms with Crippen molar-refractivity contribution in [3.05, 3.63) is 70.3 Å². The van der Waals surface area contributed by atoms with Crippen LogP contribution in [0.4, 0.5) is 0 Å². The molecule has 0 aliphatic heterocycles. The van der Waals surface area contributed by atoms with Gasteiger partial charge in [0.05, 0.1) is 0 Å². The molecule has 0 saturated heterocycles. The molecule has 20 heavy (non-hydrogen) atoms. The van der Waals surface area contributed by atoms with Crippen molar-refractivity contribution in [2.75, 3.05) is 0 Å². The van der Waals surface area contributed by atoms with Crippen LogP contribution in [0.3, 0.4) is 0 Å². The molecule has 3 rings (SSSR count). The SMILES string of the molecule is Cc1ccc(C(C)NC2CCc3ccc(C)cc32)cc1. The van der Waals surface area contributed by atoms with Gasteiger partial charge in [0.2, 0.25) is 0 Å². The minimum atomic E-state index is 0.395. The van der Waals surface area contributed by atoms with Gasteiger partial charge in [0.1, 0.15) is 0 Å². The first-order chi connectivity index (χ1) is 9.63. The Balaban J connectivity index is 1.76. The molecule has 1 aliphatic carbocycles. The van der Waals surface area contributed by atoms with Gasteiger partial charge in [-0.25, -0.2) is 0 Å². The van der Waals surface area contributed by atoms with Crippen LogP contribution in [-0.4, -0.2) is 0 Å². The van der Waals surface area contributed by atoms with Gasteiger partial charge in [-0.1, -0.05) is 53.6 Å². The van der Waals surface area contributed by atoms with Gasteiger partial charge in [-0.2, -0.15) is 0 Å². The van der Waals surface area contributed by atoms with Gasteiger partial charge in [-0.05, 0) is 50.3 Å². The van der Waals surface area contributed by atoms with E-state index in [2.05, 4.69) is 68.6 Å². The van der Waals surface area contributed by atoms with Crippen molar-refractivity contribution < 1.29 is 0 Å². The van der Waals surface area contributed by atoms with Gasteiger partial charge in [0, 0.05) is 12.1 Å². The maximum Gasteiger partial charge on any atom is 0.0331 e. The zero-order chi connectivity index (χ0) is 14.1. The molecule has 2 aromatic rings. The van der Waals surface area contributed by atoms with E-state index in [0.717, 1.165) is 0 Å². The lowest BCUT2D eigenvalue weighted by molar-refractivity contribution is 0.465. The monoisotopic (exact) mass is 265 g/mol. The summed E-state index contributed by atoms with van der Waals surface area (Å²) < 4.78 is 0. The summed E-state index contributed by atoms with van der Waals surface area (Å²) in [5, 5.41) is 3.80. The summed E-state index contributed by atoms with van der Waals surface area (Å²) in [6.07, 6.45) is 2.42. The van der Waals surface area contributed by atoms with E-state index in [-0.39, 0.29) is 0 Å². The maximum atomic E-state index is 3.80. The molecule has 2 aromatic carbocycles. The molecular weight excluding hydrogens is 242 g/mol. The maximum absolute atomic E-state index is 3.80. The number of nitrogens with one attached hydrogen (secondary N) is 1. The number of hydrogen-bond acceptors (Lipinski definition) is 1. The number of aryl methyl sites for hydroxylation is 3. The third-order valence-electron chi connectivity index (χ3n) is 4.41. The molecule has 0 aromatic heterocycles. The highest BCUT2D eigenvalue weighted by atomic mass is 14.9. The molecule has 0 spiro atoms. The van der Waals surface area contributed by atoms with Gasteiger partial charge >= 0.3 is 0 Å². The molecule has 0 fully saturated rings. The van der Waals surface area contributed by atoms with Gasteiger partial charge in [-0.15, -0.1) is 0 Å². The number of hydrogen-bond donors (Lipinski definition) is 1. The topological polar surface area (TPSA) is 12.0 Å². The average molecular weight is 265 g/mol. The molecule has 2 unspecified atom stereocenters. The van der Waals surface area contributed by atoms with Crippen molar-refractivity contribution in [2.24, 2.45) is 0 Å². The van der Waals surface area contributed by atoms with Crippen LogP contribution in [0.1, 0.15) is 53.2 Å². The van der Waals surface area contributed by atoms with Gasteiger partial charge in [0.15, 0.2) is 0 Å². The molecule has 0 saturated carbocycles. The normalized spacial score (nSPS) is 18.9. The molecule has 0 amide bonds. The Hall–Kier alpha value is -1.60. The van der Waals surface area contributed by atoms with Gasteiger partial charge in [-0.3, -0.25) is 0 Å². The Kier molecular flexibility index (Phi) is 3.62. The highest BCUT2D eigenvalue weighted by Crippen LogP contribution is 2.33. The second kappa shape index (κ2) is 5.41. The van der Waals surface area contributed by atoms with E-state index in [1.54, 1.807) is 0 Å². The van der Waals surface area contributed by atoms with E-state index in [4.69, 9.17) is 0 Å². The zero-order valence-electron chi connectivity index (χ0n) is 12.6. The molecule has 1 nitrogen and oxygen atoms in total. The van der Waals surface area contributed by atoms with E-state index >= 15 is 0 Å². The van der Waals surface area contributed by atoms with E-state index in [1.165, 1.54) is 40.7 Å². The highest BCUT2D eigenvalue weighted by molar-refractivity contribution is 5.38. The zero-order valence-corrected chi connectivity index (χ0v) is 12.6. The van der Waals surface area contributed by atoms with Crippen LogP contribution in [0.5, 0.6) is 0 Å².